The summed E-state index contributed by atoms with van der Waals surface area (Å²) in [6, 6.07) is 6.21. The van der Waals surface area contributed by atoms with E-state index in [1.165, 1.54) is 6.92 Å². The van der Waals surface area contributed by atoms with Crippen molar-refractivity contribution in [3.05, 3.63) is 34.9 Å². The minimum Gasteiger partial charge on any atom is -0.452 e. The van der Waals surface area contributed by atoms with Crippen LogP contribution in [0.25, 0.3) is 0 Å². The lowest BCUT2D eigenvalue weighted by atomic mass is 9.96. The van der Waals surface area contributed by atoms with Crippen LogP contribution in [0.5, 0.6) is 0 Å². The van der Waals surface area contributed by atoms with Crippen LogP contribution >= 0.6 is 11.6 Å². The Morgan fingerprint density at radius 3 is 2.33 bits per heavy atom. The van der Waals surface area contributed by atoms with Crippen LogP contribution in [0.3, 0.4) is 0 Å². The molecule has 0 aromatic heterocycles. The predicted octanol–water partition coefficient (Wildman–Crippen LogP) is 1.43. The summed E-state index contributed by atoms with van der Waals surface area (Å²) in [6.45, 7) is 2.30. The minimum atomic E-state index is -3.10. The molecule has 2 atom stereocenters. The van der Waals surface area contributed by atoms with Gasteiger partial charge in [0.05, 0.1) is 17.4 Å². The van der Waals surface area contributed by atoms with Crippen molar-refractivity contribution in [2.24, 2.45) is 5.92 Å². The maximum atomic E-state index is 12.5. The second kappa shape index (κ2) is 9.34. The van der Waals surface area contributed by atoms with Gasteiger partial charge in [-0.3, -0.25) is 14.4 Å². The maximum Gasteiger partial charge on any atom is 0.309 e. The molecule has 1 N–H and O–H groups in total. The third-order valence-corrected chi connectivity index (χ3v) is 7.47. The van der Waals surface area contributed by atoms with E-state index in [4.69, 9.17) is 16.3 Å². The molecule has 2 fully saturated rings. The van der Waals surface area contributed by atoms with E-state index in [2.05, 4.69) is 5.32 Å². The number of ether oxygens (including phenoxy) is 1. The SMILES string of the molecule is C[C@@H](OC(=O)C1CCN(C(=O)c2ccc(Cl)cc2)CC1)C(=O)N[C@H]1CCS(=O)(=O)C1. The van der Waals surface area contributed by atoms with Crippen molar-refractivity contribution in [1.29, 1.82) is 0 Å². The fourth-order valence-electron chi connectivity index (χ4n) is 3.64. The molecule has 2 aliphatic rings. The van der Waals surface area contributed by atoms with Gasteiger partial charge >= 0.3 is 5.97 Å². The molecule has 10 heteroatoms. The van der Waals surface area contributed by atoms with Gasteiger partial charge in [0.15, 0.2) is 15.9 Å². The normalized spacial score (nSPS) is 22.3. The van der Waals surface area contributed by atoms with Gasteiger partial charge in [0.2, 0.25) is 0 Å². The largest absolute Gasteiger partial charge is 0.452 e. The molecule has 2 amide bonds. The van der Waals surface area contributed by atoms with E-state index in [9.17, 15) is 22.8 Å². The van der Waals surface area contributed by atoms with Crippen LogP contribution in [0.4, 0.5) is 0 Å². The van der Waals surface area contributed by atoms with Crippen LogP contribution in [-0.4, -0.2) is 67.8 Å². The standard InChI is InChI=1S/C20H25ClN2O6S/c1-13(18(24)22-17-8-11-30(27,28)12-17)29-20(26)15-6-9-23(10-7-15)19(25)14-2-4-16(21)5-3-14/h2-5,13,15,17H,6-12H2,1H3,(H,22,24)/t13-,17+/m1/s1. The van der Waals surface area contributed by atoms with Crippen molar-refractivity contribution in [2.75, 3.05) is 24.6 Å². The third kappa shape index (κ3) is 5.72. The second-order valence-corrected chi connectivity index (χ2v) is 10.4. The number of nitrogens with zero attached hydrogens (tertiary/aromatic N) is 1. The first kappa shape index (κ1) is 22.6. The lowest BCUT2D eigenvalue weighted by Crippen LogP contribution is -2.44. The van der Waals surface area contributed by atoms with Gasteiger partial charge in [-0.2, -0.15) is 0 Å². The summed E-state index contributed by atoms with van der Waals surface area (Å²) in [7, 11) is -3.10. The first-order chi connectivity index (χ1) is 14.1. The number of rotatable bonds is 5. The quantitative estimate of drug-likeness (QED) is 0.671. The lowest BCUT2D eigenvalue weighted by molar-refractivity contribution is -0.160. The Bertz CT molecular complexity index is 910. The highest BCUT2D eigenvalue weighted by atomic mass is 35.5. The van der Waals surface area contributed by atoms with Crippen LogP contribution in [0.2, 0.25) is 5.02 Å². The van der Waals surface area contributed by atoms with Gasteiger partial charge < -0.3 is 15.0 Å². The number of hydrogen-bond donors (Lipinski definition) is 1. The molecule has 0 saturated carbocycles. The number of likely N-dealkylation sites (tertiary alicyclic amines) is 1. The molecule has 0 spiro atoms. The molecule has 3 rings (SSSR count). The average molecular weight is 457 g/mol. The predicted molar refractivity (Wildman–Crippen MR) is 111 cm³/mol. The number of piperidine rings is 1. The van der Waals surface area contributed by atoms with Gasteiger partial charge in [0.1, 0.15) is 0 Å². The molecule has 0 bridgehead atoms. The molecule has 0 aliphatic carbocycles. The van der Waals surface area contributed by atoms with Crippen LogP contribution < -0.4 is 5.32 Å². The highest BCUT2D eigenvalue weighted by Gasteiger charge is 2.33. The fraction of sp³-hybridized carbons (Fsp3) is 0.550. The summed E-state index contributed by atoms with van der Waals surface area (Å²) in [5, 5.41) is 3.19. The van der Waals surface area contributed by atoms with Crippen LogP contribution in [0.1, 0.15) is 36.5 Å². The van der Waals surface area contributed by atoms with Crippen molar-refractivity contribution in [3.8, 4) is 0 Å². The monoisotopic (exact) mass is 456 g/mol. The van der Waals surface area contributed by atoms with Crippen LogP contribution in [0.15, 0.2) is 24.3 Å². The Hall–Kier alpha value is -2.13. The number of benzene rings is 1. The molecule has 1 aromatic rings. The molecule has 2 aliphatic heterocycles. The van der Waals surface area contributed by atoms with E-state index in [1.54, 1.807) is 29.2 Å². The average Bonchev–Trinajstić information content (AvgIpc) is 3.06. The maximum absolute atomic E-state index is 12.5. The summed E-state index contributed by atoms with van der Waals surface area (Å²) in [5.41, 5.74) is 0.541. The van der Waals surface area contributed by atoms with Crippen molar-refractivity contribution >= 4 is 39.2 Å². The van der Waals surface area contributed by atoms with Gasteiger partial charge in [0.25, 0.3) is 11.8 Å². The Kier molecular flexibility index (Phi) is 7.02. The van der Waals surface area contributed by atoms with E-state index in [0.717, 1.165) is 0 Å². The van der Waals surface area contributed by atoms with Gasteiger partial charge in [-0.15, -0.1) is 0 Å². The van der Waals surface area contributed by atoms with E-state index in [0.29, 0.717) is 42.9 Å². The van der Waals surface area contributed by atoms with Crippen molar-refractivity contribution < 1.29 is 27.5 Å². The Morgan fingerprint density at radius 2 is 1.77 bits per heavy atom. The van der Waals surface area contributed by atoms with E-state index in [1.807, 2.05) is 0 Å². The molecule has 0 unspecified atom stereocenters. The Balaban J connectivity index is 1.45. The number of nitrogens with one attached hydrogen (secondary N) is 1. The number of amides is 2. The smallest absolute Gasteiger partial charge is 0.309 e. The van der Waals surface area contributed by atoms with Crippen molar-refractivity contribution in [3.63, 3.8) is 0 Å². The van der Waals surface area contributed by atoms with Gasteiger partial charge in [-0.05, 0) is 50.5 Å². The van der Waals surface area contributed by atoms with E-state index < -0.39 is 33.9 Å². The van der Waals surface area contributed by atoms with Gasteiger partial charge in [-0.25, -0.2) is 8.42 Å². The molecule has 164 valence electrons. The zero-order chi connectivity index (χ0) is 21.9. The summed E-state index contributed by atoms with van der Waals surface area (Å²) in [5.74, 6) is -1.51. The molecular weight excluding hydrogens is 432 g/mol. The summed E-state index contributed by atoms with van der Waals surface area (Å²) >= 11 is 5.85. The zero-order valence-corrected chi connectivity index (χ0v) is 18.2. The number of carbonyl (C=O) groups excluding carboxylic acids is 3. The number of halogens is 1. The molecule has 0 radical (unpaired) electrons. The number of carbonyl (C=O) groups is 3. The van der Waals surface area contributed by atoms with Crippen LogP contribution in [-0.2, 0) is 24.2 Å². The third-order valence-electron chi connectivity index (χ3n) is 5.45. The number of sulfone groups is 1. The first-order valence-electron chi connectivity index (χ1n) is 9.91. The minimum absolute atomic E-state index is 0.0550. The highest BCUT2D eigenvalue weighted by molar-refractivity contribution is 7.91. The molecule has 2 heterocycles. The fourth-order valence-corrected chi connectivity index (χ4v) is 5.44. The first-order valence-corrected chi connectivity index (χ1v) is 12.1. The topological polar surface area (TPSA) is 110 Å². The Morgan fingerprint density at radius 1 is 1.13 bits per heavy atom. The summed E-state index contributed by atoms with van der Waals surface area (Å²) in [4.78, 5) is 38.8. The van der Waals surface area contributed by atoms with Crippen molar-refractivity contribution in [2.45, 2.75) is 38.3 Å². The van der Waals surface area contributed by atoms with E-state index >= 15 is 0 Å². The molecule has 1 aromatic carbocycles. The zero-order valence-electron chi connectivity index (χ0n) is 16.7. The van der Waals surface area contributed by atoms with Crippen LogP contribution in [0, 0.1) is 5.92 Å². The summed E-state index contributed by atoms with van der Waals surface area (Å²) < 4.78 is 28.3. The highest BCUT2D eigenvalue weighted by Crippen LogP contribution is 2.22. The van der Waals surface area contributed by atoms with E-state index in [-0.39, 0.29) is 23.3 Å². The second-order valence-electron chi connectivity index (χ2n) is 7.76. The molecule has 30 heavy (non-hydrogen) atoms. The van der Waals surface area contributed by atoms with Gasteiger partial charge in [-0.1, -0.05) is 11.6 Å². The number of esters is 1. The number of hydrogen-bond acceptors (Lipinski definition) is 6. The van der Waals surface area contributed by atoms with Crippen molar-refractivity contribution in [1.82, 2.24) is 10.2 Å². The molecular formula is C20H25ClN2O6S. The van der Waals surface area contributed by atoms with Gasteiger partial charge in [0, 0.05) is 29.7 Å². The lowest BCUT2D eigenvalue weighted by Gasteiger charge is -2.31. The summed E-state index contributed by atoms with van der Waals surface area (Å²) in [6.07, 6.45) is 0.268. The molecule has 8 nitrogen and oxygen atoms in total. The molecule has 2 saturated heterocycles. The Labute approximate surface area is 180 Å².